The Balaban J connectivity index is 2.31. The Bertz CT molecular complexity index is 1000. The Labute approximate surface area is 192 Å². The van der Waals surface area contributed by atoms with Gasteiger partial charge in [-0.25, -0.2) is 9.18 Å². The highest BCUT2D eigenvalue weighted by Crippen LogP contribution is 2.25. The van der Waals surface area contributed by atoms with Crippen molar-refractivity contribution in [1.82, 2.24) is 5.32 Å². The number of benzene rings is 2. The van der Waals surface area contributed by atoms with Crippen LogP contribution in [0.15, 0.2) is 42.5 Å². The van der Waals surface area contributed by atoms with E-state index in [9.17, 15) is 18.8 Å². The summed E-state index contributed by atoms with van der Waals surface area (Å²) in [6, 6.07) is 8.99. The topological polar surface area (TPSA) is 84.5 Å². The van der Waals surface area contributed by atoms with Gasteiger partial charge in [-0.2, -0.15) is 0 Å². The number of carbonyl (C=O) groups excluding carboxylic acids is 3. The van der Waals surface area contributed by atoms with E-state index < -0.39 is 35.2 Å². The molecule has 0 fully saturated rings. The number of alkyl carbamates (subject to hydrolysis) is 1. The zero-order chi connectivity index (χ0) is 24.1. The van der Waals surface area contributed by atoms with Crippen molar-refractivity contribution < 1.29 is 23.5 Å². The van der Waals surface area contributed by atoms with E-state index in [0.717, 1.165) is 0 Å². The Hall–Kier alpha value is -2.93. The highest BCUT2D eigenvalue weighted by molar-refractivity contribution is 6.31. The molecule has 0 heterocycles. The van der Waals surface area contributed by atoms with Crippen LogP contribution >= 0.6 is 11.6 Å². The molecule has 0 saturated heterocycles. The Morgan fingerprint density at radius 2 is 1.72 bits per heavy atom. The fourth-order valence-corrected chi connectivity index (χ4v) is 3.15. The molecule has 2 N–H and O–H groups in total. The lowest BCUT2D eigenvalue weighted by Crippen LogP contribution is -2.46. The zero-order valence-electron chi connectivity index (χ0n) is 18.8. The van der Waals surface area contributed by atoms with Crippen LogP contribution in [0.2, 0.25) is 5.02 Å². The number of hydrogen-bond acceptors (Lipinski definition) is 4. The third kappa shape index (κ3) is 7.34. The minimum absolute atomic E-state index is 0.0384. The van der Waals surface area contributed by atoms with E-state index in [1.54, 1.807) is 26.8 Å². The van der Waals surface area contributed by atoms with Crippen LogP contribution in [0.1, 0.15) is 57.0 Å². The number of amides is 2. The second kappa shape index (κ2) is 10.6. The molecular formula is C24H28ClFN2O4. The van der Waals surface area contributed by atoms with Gasteiger partial charge >= 0.3 is 6.09 Å². The number of nitrogens with one attached hydrogen (secondary N) is 2. The van der Waals surface area contributed by atoms with E-state index >= 15 is 0 Å². The van der Waals surface area contributed by atoms with Gasteiger partial charge in [-0.1, -0.05) is 37.6 Å². The van der Waals surface area contributed by atoms with Crippen molar-refractivity contribution in [3.8, 4) is 0 Å². The second-order valence-corrected chi connectivity index (χ2v) is 9.25. The van der Waals surface area contributed by atoms with Crippen molar-refractivity contribution >= 4 is 35.1 Å². The van der Waals surface area contributed by atoms with E-state index in [4.69, 9.17) is 16.3 Å². The van der Waals surface area contributed by atoms with Crippen molar-refractivity contribution in [3.63, 3.8) is 0 Å². The Kier molecular flexibility index (Phi) is 8.38. The second-order valence-electron chi connectivity index (χ2n) is 8.82. The molecule has 2 aromatic rings. The van der Waals surface area contributed by atoms with E-state index in [0.29, 0.717) is 6.42 Å². The smallest absolute Gasteiger partial charge is 0.408 e. The van der Waals surface area contributed by atoms with Gasteiger partial charge in [-0.3, -0.25) is 9.59 Å². The minimum Gasteiger partial charge on any atom is -0.444 e. The third-order valence-corrected chi connectivity index (χ3v) is 4.55. The standard InChI is InChI=1S/C24H28ClFN2O4/c1-14(2)12-20(28-23(31)32-24(3,4)5)22(30)27-19-11-10-15(25)13-17(19)21(29)16-8-6-7-9-18(16)26/h6-11,13-14,20H,12H2,1-5H3,(H,27,30)(H,28,31). The molecular weight excluding hydrogens is 435 g/mol. The molecule has 0 spiro atoms. The van der Waals surface area contributed by atoms with Gasteiger partial charge in [0, 0.05) is 10.6 Å². The molecule has 1 atom stereocenters. The maximum atomic E-state index is 14.2. The molecule has 8 heteroatoms. The van der Waals surface area contributed by atoms with Crippen molar-refractivity contribution in [2.45, 2.75) is 52.7 Å². The van der Waals surface area contributed by atoms with Gasteiger partial charge in [0.1, 0.15) is 17.5 Å². The van der Waals surface area contributed by atoms with E-state index in [-0.39, 0.29) is 27.8 Å². The van der Waals surface area contributed by atoms with E-state index in [2.05, 4.69) is 10.6 Å². The molecule has 6 nitrogen and oxygen atoms in total. The molecule has 0 aliphatic carbocycles. The fraction of sp³-hybridized carbons (Fsp3) is 0.375. The molecule has 0 saturated carbocycles. The predicted octanol–water partition coefficient (Wildman–Crippen LogP) is 5.59. The third-order valence-electron chi connectivity index (χ3n) is 4.32. The lowest BCUT2D eigenvalue weighted by molar-refractivity contribution is -0.118. The molecule has 0 aliphatic heterocycles. The van der Waals surface area contributed by atoms with Crippen LogP contribution in [0.25, 0.3) is 0 Å². The molecule has 0 aromatic heterocycles. The van der Waals surface area contributed by atoms with Crippen LogP contribution < -0.4 is 10.6 Å². The number of halogens is 2. The SMILES string of the molecule is CC(C)CC(NC(=O)OC(C)(C)C)C(=O)Nc1ccc(Cl)cc1C(=O)c1ccccc1F. The van der Waals surface area contributed by atoms with Crippen LogP contribution in [0.4, 0.5) is 14.9 Å². The van der Waals surface area contributed by atoms with E-state index in [1.165, 1.54) is 36.4 Å². The first-order chi connectivity index (χ1) is 14.9. The average Bonchev–Trinajstić information content (AvgIpc) is 2.66. The summed E-state index contributed by atoms with van der Waals surface area (Å²) in [6.45, 7) is 8.98. The van der Waals surface area contributed by atoms with Gasteiger partial charge in [0.15, 0.2) is 5.78 Å². The highest BCUT2D eigenvalue weighted by atomic mass is 35.5. The summed E-state index contributed by atoms with van der Waals surface area (Å²) in [5, 5.41) is 5.51. The van der Waals surface area contributed by atoms with Crippen LogP contribution in [0.5, 0.6) is 0 Å². The predicted molar refractivity (Wildman–Crippen MR) is 123 cm³/mol. The van der Waals surface area contributed by atoms with Gasteiger partial charge in [-0.15, -0.1) is 0 Å². The number of rotatable bonds is 7. The highest BCUT2D eigenvalue weighted by Gasteiger charge is 2.27. The number of ketones is 1. The summed E-state index contributed by atoms with van der Waals surface area (Å²) < 4.78 is 19.4. The van der Waals surface area contributed by atoms with Crippen LogP contribution in [-0.4, -0.2) is 29.4 Å². The fourth-order valence-electron chi connectivity index (χ4n) is 2.98. The summed E-state index contributed by atoms with van der Waals surface area (Å²) >= 11 is 6.05. The summed E-state index contributed by atoms with van der Waals surface area (Å²) in [4.78, 5) is 38.2. The normalized spacial score (nSPS) is 12.2. The lowest BCUT2D eigenvalue weighted by Gasteiger charge is -2.24. The first-order valence-electron chi connectivity index (χ1n) is 10.3. The lowest BCUT2D eigenvalue weighted by atomic mass is 10.00. The summed E-state index contributed by atoms with van der Waals surface area (Å²) in [6.07, 6.45) is -0.382. The average molecular weight is 463 g/mol. The minimum atomic E-state index is -0.906. The molecule has 2 rings (SSSR count). The van der Waals surface area contributed by atoms with Crippen LogP contribution in [0, 0.1) is 11.7 Å². The van der Waals surface area contributed by atoms with Crippen LogP contribution in [0.3, 0.4) is 0 Å². The number of ether oxygens (including phenoxy) is 1. The number of anilines is 1. The maximum Gasteiger partial charge on any atom is 0.408 e. The maximum absolute atomic E-state index is 14.2. The molecule has 0 radical (unpaired) electrons. The monoisotopic (exact) mass is 462 g/mol. The van der Waals surface area contributed by atoms with Crippen molar-refractivity contribution in [2.75, 3.05) is 5.32 Å². The first-order valence-corrected chi connectivity index (χ1v) is 10.6. The van der Waals surface area contributed by atoms with Crippen molar-refractivity contribution in [3.05, 3.63) is 64.4 Å². The van der Waals surface area contributed by atoms with Gasteiger partial charge in [0.25, 0.3) is 0 Å². The van der Waals surface area contributed by atoms with Gasteiger partial charge in [0.2, 0.25) is 5.91 Å². The number of carbonyl (C=O) groups is 3. The Morgan fingerprint density at radius 1 is 1.06 bits per heavy atom. The van der Waals surface area contributed by atoms with Gasteiger partial charge in [-0.05, 0) is 63.4 Å². The van der Waals surface area contributed by atoms with Gasteiger partial charge < -0.3 is 15.4 Å². The van der Waals surface area contributed by atoms with Gasteiger partial charge in [0.05, 0.1) is 11.3 Å². The quantitative estimate of drug-likeness (QED) is 0.525. The first kappa shape index (κ1) is 25.3. The molecule has 2 aromatic carbocycles. The molecule has 0 aliphatic rings. The molecule has 172 valence electrons. The van der Waals surface area contributed by atoms with Crippen molar-refractivity contribution in [1.29, 1.82) is 0 Å². The van der Waals surface area contributed by atoms with Crippen LogP contribution in [-0.2, 0) is 9.53 Å². The Morgan fingerprint density at radius 3 is 2.31 bits per heavy atom. The molecule has 32 heavy (non-hydrogen) atoms. The summed E-state index contributed by atoms with van der Waals surface area (Å²) in [5.41, 5.74) is -0.668. The molecule has 2 amide bonds. The molecule has 1 unspecified atom stereocenters. The largest absolute Gasteiger partial charge is 0.444 e. The van der Waals surface area contributed by atoms with E-state index in [1.807, 2.05) is 13.8 Å². The zero-order valence-corrected chi connectivity index (χ0v) is 19.5. The van der Waals surface area contributed by atoms with Crippen molar-refractivity contribution in [2.24, 2.45) is 5.92 Å². The summed E-state index contributed by atoms with van der Waals surface area (Å²) in [7, 11) is 0. The molecule has 0 bridgehead atoms. The summed E-state index contributed by atoms with van der Waals surface area (Å²) in [5.74, 6) is -1.75. The number of hydrogen-bond donors (Lipinski definition) is 2.